The molecule has 0 atom stereocenters. The van der Waals surface area contributed by atoms with E-state index in [0.29, 0.717) is 25.5 Å². The van der Waals surface area contributed by atoms with Crippen LogP contribution in [0, 0.1) is 0 Å². The van der Waals surface area contributed by atoms with E-state index in [9.17, 15) is 4.79 Å². The Bertz CT molecular complexity index is 367. The molecule has 0 amide bonds. The van der Waals surface area contributed by atoms with Crippen molar-refractivity contribution >= 4 is 5.78 Å². The molecule has 94 valence electrons. The molecular weight excluding hydrogens is 216 g/mol. The minimum absolute atomic E-state index is 0.198. The number of ketones is 1. The molecule has 0 spiro atoms. The molecule has 1 heterocycles. The zero-order chi connectivity index (χ0) is 12.1. The standard InChI is InChI=1S/C13H20N2O2/c1-17-9-7-13(16)10-11-6-8-15(14-11)12-4-2-3-5-12/h6,8,12H,2-5,7,9-10H2,1H3. The summed E-state index contributed by atoms with van der Waals surface area (Å²) in [6.45, 7) is 0.502. The Hall–Kier alpha value is -1.16. The van der Waals surface area contributed by atoms with Gasteiger partial charge < -0.3 is 4.74 Å². The highest BCUT2D eigenvalue weighted by molar-refractivity contribution is 5.80. The van der Waals surface area contributed by atoms with Crippen LogP contribution in [-0.2, 0) is 16.0 Å². The van der Waals surface area contributed by atoms with Crippen molar-refractivity contribution < 1.29 is 9.53 Å². The van der Waals surface area contributed by atoms with Gasteiger partial charge in [-0.2, -0.15) is 5.10 Å². The van der Waals surface area contributed by atoms with Crippen LogP contribution in [0.4, 0.5) is 0 Å². The first kappa shape index (κ1) is 12.3. The first-order valence-electron chi connectivity index (χ1n) is 6.34. The van der Waals surface area contributed by atoms with Crippen molar-refractivity contribution in [2.45, 2.75) is 44.6 Å². The Morgan fingerprint density at radius 1 is 1.53 bits per heavy atom. The van der Waals surface area contributed by atoms with Crippen molar-refractivity contribution in [2.24, 2.45) is 0 Å². The first-order chi connectivity index (χ1) is 8.29. The van der Waals surface area contributed by atoms with Gasteiger partial charge in [-0.15, -0.1) is 0 Å². The fourth-order valence-electron chi connectivity index (χ4n) is 2.35. The minimum Gasteiger partial charge on any atom is -0.384 e. The van der Waals surface area contributed by atoms with Gasteiger partial charge in [-0.3, -0.25) is 9.48 Å². The third-order valence-corrected chi connectivity index (χ3v) is 3.33. The smallest absolute Gasteiger partial charge is 0.141 e. The molecule has 0 unspecified atom stereocenters. The molecule has 2 rings (SSSR count). The molecule has 1 aromatic heterocycles. The van der Waals surface area contributed by atoms with E-state index in [4.69, 9.17) is 4.74 Å². The molecule has 1 aliphatic carbocycles. The summed E-state index contributed by atoms with van der Waals surface area (Å²) in [5.41, 5.74) is 0.887. The van der Waals surface area contributed by atoms with E-state index in [1.807, 2.05) is 16.9 Å². The van der Waals surface area contributed by atoms with E-state index in [1.54, 1.807) is 7.11 Å². The normalized spacial score (nSPS) is 16.5. The molecule has 17 heavy (non-hydrogen) atoms. The lowest BCUT2D eigenvalue weighted by Gasteiger charge is -2.08. The van der Waals surface area contributed by atoms with Crippen molar-refractivity contribution in [3.63, 3.8) is 0 Å². The summed E-state index contributed by atoms with van der Waals surface area (Å²) in [6.07, 6.45) is 7.96. The molecule has 0 radical (unpaired) electrons. The number of carbonyl (C=O) groups excluding carboxylic acids is 1. The number of nitrogens with zero attached hydrogens (tertiary/aromatic N) is 2. The molecule has 4 nitrogen and oxygen atoms in total. The third-order valence-electron chi connectivity index (χ3n) is 3.33. The molecule has 0 bridgehead atoms. The highest BCUT2D eigenvalue weighted by atomic mass is 16.5. The summed E-state index contributed by atoms with van der Waals surface area (Å²) in [5.74, 6) is 0.198. The number of hydrogen-bond acceptors (Lipinski definition) is 3. The van der Waals surface area contributed by atoms with Crippen LogP contribution in [0.15, 0.2) is 12.3 Å². The van der Waals surface area contributed by atoms with Gasteiger partial charge in [0.25, 0.3) is 0 Å². The number of Topliss-reactive ketones (excluding diaryl/α,β-unsaturated/α-hetero) is 1. The van der Waals surface area contributed by atoms with Crippen LogP contribution in [0.5, 0.6) is 0 Å². The van der Waals surface area contributed by atoms with Crippen LogP contribution in [0.25, 0.3) is 0 Å². The zero-order valence-electron chi connectivity index (χ0n) is 10.4. The van der Waals surface area contributed by atoms with Gasteiger partial charge in [0.05, 0.1) is 24.8 Å². The second-order valence-corrected chi connectivity index (χ2v) is 4.68. The summed E-state index contributed by atoms with van der Waals surface area (Å²) in [6, 6.07) is 2.51. The van der Waals surface area contributed by atoms with E-state index >= 15 is 0 Å². The number of hydrogen-bond donors (Lipinski definition) is 0. The summed E-state index contributed by atoms with van der Waals surface area (Å²) >= 11 is 0. The second-order valence-electron chi connectivity index (χ2n) is 4.68. The molecule has 0 aliphatic heterocycles. The third kappa shape index (κ3) is 3.40. The number of aromatic nitrogens is 2. The quantitative estimate of drug-likeness (QED) is 0.760. The van der Waals surface area contributed by atoms with E-state index in [1.165, 1.54) is 25.7 Å². The van der Waals surface area contributed by atoms with Crippen molar-refractivity contribution in [3.8, 4) is 0 Å². The largest absolute Gasteiger partial charge is 0.384 e. The summed E-state index contributed by atoms with van der Waals surface area (Å²) < 4.78 is 6.92. The summed E-state index contributed by atoms with van der Waals surface area (Å²) in [7, 11) is 1.61. The first-order valence-corrected chi connectivity index (χ1v) is 6.34. The summed E-state index contributed by atoms with van der Waals surface area (Å²) in [5, 5.41) is 4.50. The Kier molecular flexibility index (Phi) is 4.31. The van der Waals surface area contributed by atoms with E-state index in [2.05, 4.69) is 5.10 Å². The van der Waals surface area contributed by atoms with Crippen LogP contribution < -0.4 is 0 Å². The Balaban J connectivity index is 1.87. The number of ether oxygens (including phenoxy) is 1. The van der Waals surface area contributed by atoms with Crippen molar-refractivity contribution in [3.05, 3.63) is 18.0 Å². The fourth-order valence-corrected chi connectivity index (χ4v) is 2.35. The number of methoxy groups -OCH3 is 1. The average molecular weight is 236 g/mol. The average Bonchev–Trinajstić information content (AvgIpc) is 2.95. The van der Waals surface area contributed by atoms with Crippen LogP contribution in [0.1, 0.15) is 43.8 Å². The zero-order valence-corrected chi connectivity index (χ0v) is 10.4. The van der Waals surface area contributed by atoms with Crippen molar-refractivity contribution in [1.29, 1.82) is 0 Å². The Morgan fingerprint density at radius 2 is 2.29 bits per heavy atom. The molecule has 4 heteroatoms. The SMILES string of the molecule is COCCC(=O)Cc1ccn(C2CCCC2)n1. The molecule has 0 saturated heterocycles. The predicted molar refractivity (Wildman–Crippen MR) is 64.9 cm³/mol. The van der Waals surface area contributed by atoms with Crippen LogP contribution in [-0.4, -0.2) is 29.3 Å². The molecule has 0 N–H and O–H groups in total. The van der Waals surface area contributed by atoms with Gasteiger partial charge in [0.1, 0.15) is 5.78 Å². The highest BCUT2D eigenvalue weighted by Crippen LogP contribution is 2.28. The fraction of sp³-hybridized carbons (Fsp3) is 0.692. The molecule has 1 aliphatic rings. The minimum atomic E-state index is 0.198. The molecule has 1 saturated carbocycles. The van der Waals surface area contributed by atoms with Gasteiger partial charge >= 0.3 is 0 Å². The van der Waals surface area contributed by atoms with Gasteiger partial charge in [-0.05, 0) is 18.9 Å². The lowest BCUT2D eigenvalue weighted by molar-refractivity contribution is -0.119. The number of rotatable bonds is 6. The van der Waals surface area contributed by atoms with E-state index in [-0.39, 0.29) is 5.78 Å². The Morgan fingerprint density at radius 3 is 3.00 bits per heavy atom. The van der Waals surface area contributed by atoms with Gasteiger partial charge in [0.2, 0.25) is 0 Å². The predicted octanol–water partition coefficient (Wildman–Crippen LogP) is 2.15. The van der Waals surface area contributed by atoms with Gasteiger partial charge in [0.15, 0.2) is 0 Å². The van der Waals surface area contributed by atoms with Gasteiger partial charge in [0, 0.05) is 19.7 Å². The Labute approximate surface area is 102 Å². The molecular formula is C13H20N2O2. The van der Waals surface area contributed by atoms with E-state index < -0.39 is 0 Å². The maximum Gasteiger partial charge on any atom is 0.141 e. The van der Waals surface area contributed by atoms with Crippen LogP contribution >= 0.6 is 0 Å². The van der Waals surface area contributed by atoms with E-state index in [0.717, 1.165) is 5.69 Å². The molecule has 1 fully saturated rings. The maximum absolute atomic E-state index is 11.6. The maximum atomic E-state index is 11.6. The molecule has 0 aromatic carbocycles. The lowest BCUT2D eigenvalue weighted by atomic mass is 10.2. The highest BCUT2D eigenvalue weighted by Gasteiger charge is 2.17. The van der Waals surface area contributed by atoms with Crippen LogP contribution in [0.2, 0.25) is 0 Å². The monoisotopic (exact) mass is 236 g/mol. The van der Waals surface area contributed by atoms with Crippen LogP contribution in [0.3, 0.4) is 0 Å². The summed E-state index contributed by atoms with van der Waals surface area (Å²) in [4.78, 5) is 11.6. The van der Waals surface area contributed by atoms with Crippen molar-refractivity contribution in [1.82, 2.24) is 9.78 Å². The lowest BCUT2D eigenvalue weighted by Crippen LogP contribution is -2.09. The topological polar surface area (TPSA) is 44.1 Å². The van der Waals surface area contributed by atoms with Crippen molar-refractivity contribution in [2.75, 3.05) is 13.7 Å². The van der Waals surface area contributed by atoms with Gasteiger partial charge in [-0.1, -0.05) is 12.8 Å². The second kappa shape index (κ2) is 5.96. The number of carbonyl (C=O) groups is 1. The van der Waals surface area contributed by atoms with Gasteiger partial charge in [-0.25, -0.2) is 0 Å². The molecule has 1 aromatic rings.